The van der Waals surface area contributed by atoms with E-state index in [4.69, 9.17) is 11.6 Å². The van der Waals surface area contributed by atoms with E-state index in [2.05, 4.69) is 15.5 Å². The van der Waals surface area contributed by atoms with Gasteiger partial charge in [0.05, 0.1) is 0 Å². The third-order valence-corrected chi connectivity index (χ3v) is 3.05. The van der Waals surface area contributed by atoms with Crippen LogP contribution in [0.4, 0.5) is 19.0 Å². The molecule has 0 aliphatic rings. The highest BCUT2D eigenvalue weighted by molar-refractivity contribution is 6.18. The summed E-state index contributed by atoms with van der Waals surface area (Å²) in [5.41, 5.74) is -1.41. The van der Waals surface area contributed by atoms with Crippen LogP contribution in [0.2, 0.25) is 0 Å². The smallest absolute Gasteiger partial charge is 0.362 e. The molecular formula is C10H13ClF3N3. The lowest BCUT2D eigenvalue weighted by atomic mass is 10.0. The Balaban J connectivity index is 2.82. The number of nitrogens with one attached hydrogen (secondary N) is 1. The average Bonchev–Trinajstić information content (AvgIpc) is 2.28. The molecule has 3 nitrogen and oxygen atoms in total. The lowest BCUT2D eigenvalue weighted by molar-refractivity contribution is -0.141. The molecule has 17 heavy (non-hydrogen) atoms. The van der Waals surface area contributed by atoms with E-state index in [-0.39, 0.29) is 5.82 Å². The summed E-state index contributed by atoms with van der Waals surface area (Å²) in [6.07, 6.45) is -3.74. The van der Waals surface area contributed by atoms with E-state index in [1.807, 2.05) is 13.8 Å². The second-order valence-electron chi connectivity index (χ2n) is 3.97. The standard InChI is InChI=1S/C10H13ClF3N3/c1-3-9(2,6-11)15-8-5-4-7(16-17-8)10(12,13)14/h4-5H,3,6H2,1-2H3,(H,15,17). The lowest BCUT2D eigenvalue weighted by Crippen LogP contribution is -2.36. The molecule has 0 saturated carbocycles. The van der Waals surface area contributed by atoms with Gasteiger partial charge in [-0.15, -0.1) is 21.8 Å². The van der Waals surface area contributed by atoms with Crippen molar-refractivity contribution in [2.75, 3.05) is 11.2 Å². The largest absolute Gasteiger partial charge is 0.435 e. The average molecular weight is 268 g/mol. The van der Waals surface area contributed by atoms with Gasteiger partial charge in [-0.05, 0) is 25.5 Å². The quantitative estimate of drug-likeness (QED) is 0.851. The fourth-order valence-electron chi connectivity index (χ4n) is 1.08. The molecule has 0 fully saturated rings. The molecule has 0 saturated heterocycles. The summed E-state index contributed by atoms with van der Waals surface area (Å²) in [4.78, 5) is 0. The monoisotopic (exact) mass is 267 g/mol. The molecule has 0 amide bonds. The molecule has 1 rings (SSSR count). The van der Waals surface area contributed by atoms with Gasteiger partial charge in [0.25, 0.3) is 0 Å². The van der Waals surface area contributed by atoms with Crippen molar-refractivity contribution in [3.63, 3.8) is 0 Å². The number of halogens is 4. The van der Waals surface area contributed by atoms with E-state index < -0.39 is 17.4 Å². The van der Waals surface area contributed by atoms with Crippen LogP contribution in [0.1, 0.15) is 26.0 Å². The molecule has 1 atom stereocenters. The van der Waals surface area contributed by atoms with Gasteiger partial charge in [-0.3, -0.25) is 0 Å². The molecule has 7 heteroatoms. The minimum absolute atomic E-state index is 0.281. The summed E-state index contributed by atoms with van der Waals surface area (Å²) in [5.74, 6) is 0.606. The lowest BCUT2D eigenvalue weighted by Gasteiger charge is -2.27. The summed E-state index contributed by atoms with van der Waals surface area (Å²) in [6, 6.07) is 2.13. The van der Waals surface area contributed by atoms with Gasteiger partial charge < -0.3 is 5.32 Å². The van der Waals surface area contributed by atoms with E-state index in [0.717, 1.165) is 12.5 Å². The number of anilines is 1. The Kier molecular flexibility index (Phi) is 4.19. The Labute approximate surface area is 102 Å². The minimum Gasteiger partial charge on any atom is -0.362 e. The summed E-state index contributed by atoms with van der Waals surface area (Å²) in [6.45, 7) is 3.78. The number of rotatable bonds is 4. The second kappa shape index (κ2) is 5.08. The fourth-order valence-corrected chi connectivity index (χ4v) is 1.33. The van der Waals surface area contributed by atoms with Crippen LogP contribution < -0.4 is 5.32 Å². The van der Waals surface area contributed by atoms with E-state index in [0.29, 0.717) is 5.88 Å². The maximum Gasteiger partial charge on any atom is 0.435 e. The van der Waals surface area contributed by atoms with Crippen molar-refractivity contribution in [1.82, 2.24) is 10.2 Å². The fraction of sp³-hybridized carbons (Fsp3) is 0.600. The van der Waals surface area contributed by atoms with Gasteiger partial charge in [-0.2, -0.15) is 13.2 Å². The van der Waals surface area contributed by atoms with Crippen molar-refractivity contribution >= 4 is 17.4 Å². The number of aromatic nitrogens is 2. The molecule has 0 spiro atoms. The first-order valence-corrected chi connectivity index (χ1v) is 5.59. The molecule has 96 valence electrons. The molecule has 1 N–H and O–H groups in total. The maximum atomic E-state index is 12.2. The van der Waals surface area contributed by atoms with Crippen molar-refractivity contribution in [1.29, 1.82) is 0 Å². The first-order valence-electron chi connectivity index (χ1n) is 5.06. The predicted molar refractivity (Wildman–Crippen MR) is 60.1 cm³/mol. The van der Waals surface area contributed by atoms with E-state index >= 15 is 0 Å². The molecule has 1 heterocycles. The highest BCUT2D eigenvalue weighted by Gasteiger charge is 2.33. The normalized spacial score (nSPS) is 15.4. The van der Waals surface area contributed by atoms with Crippen molar-refractivity contribution in [2.45, 2.75) is 32.0 Å². The molecule has 0 aromatic carbocycles. The van der Waals surface area contributed by atoms with Crippen LogP contribution >= 0.6 is 11.6 Å². The Hall–Kier alpha value is -1.04. The van der Waals surface area contributed by atoms with Crippen molar-refractivity contribution in [2.24, 2.45) is 0 Å². The number of alkyl halides is 4. The summed E-state index contributed by atoms with van der Waals surface area (Å²) in [5, 5.41) is 9.57. The molecule has 0 bridgehead atoms. The third-order valence-electron chi connectivity index (χ3n) is 2.46. The predicted octanol–water partition coefficient (Wildman–Crippen LogP) is 3.31. The summed E-state index contributed by atoms with van der Waals surface area (Å²) in [7, 11) is 0. The number of nitrogens with zero attached hydrogens (tertiary/aromatic N) is 2. The maximum absolute atomic E-state index is 12.2. The Bertz CT molecular complexity index is 360. The van der Waals surface area contributed by atoms with Gasteiger partial charge in [-0.25, -0.2) is 0 Å². The zero-order chi connectivity index (χ0) is 13.1. The molecular weight excluding hydrogens is 255 g/mol. The van der Waals surface area contributed by atoms with Crippen molar-refractivity contribution in [3.8, 4) is 0 Å². The Morgan fingerprint density at radius 3 is 2.29 bits per heavy atom. The molecule has 1 unspecified atom stereocenters. The SMILES string of the molecule is CCC(C)(CCl)Nc1ccc(C(F)(F)F)nn1. The van der Waals surface area contributed by atoms with Gasteiger partial charge in [0.2, 0.25) is 0 Å². The molecule has 1 aromatic heterocycles. The van der Waals surface area contributed by atoms with Crippen molar-refractivity contribution < 1.29 is 13.2 Å². The van der Waals surface area contributed by atoms with Gasteiger partial charge >= 0.3 is 6.18 Å². The zero-order valence-electron chi connectivity index (χ0n) is 9.48. The summed E-state index contributed by atoms with van der Waals surface area (Å²) >= 11 is 5.77. The number of hydrogen-bond donors (Lipinski definition) is 1. The first-order chi connectivity index (χ1) is 7.80. The number of hydrogen-bond acceptors (Lipinski definition) is 3. The van der Waals surface area contributed by atoms with Crippen LogP contribution in [-0.4, -0.2) is 21.6 Å². The van der Waals surface area contributed by atoms with Crippen LogP contribution in [-0.2, 0) is 6.18 Å². The molecule has 0 radical (unpaired) electrons. The minimum atomic E-state index is -4.47. The van der Waals surface area contributed by atoms with E-state index in [1.165, 1.54) is 6.07 Å². The Morgan fingerprint density at radius 2 is 1.94 bits per heavy atom. The Morgan fingerprint density at radius 1 is 1.29 bits per heavy atom. The molecule has 0 aliphatic heterocycles. The van der Waals surface area contributed by atoms with Crippen molar-refractivity contribution in [3.05, 3.63) is 17.8 Å². The van der Waals surface area contributed by atoms with E-state index in [1.54, 1.807) is 0 Å². The molecule has 1 aromatic rings. The second-order valence-corrected chi connectivity index (χ2v) is 4.24. The van der Waals surface area contributed by atoms with E-state index in [9.17, 15) is 13.2 Å². The van der Waals surface area contributed by atoms with Crippen LogP contribution in [0.15, 0.2) is 12.1 Å². The molecule has 0 aliphatic carbocycles. The van der Waals surface area contributed by atoms with Crippen LogP contribution in [0.5, 0.6) is 0 Å². The zero-order valence-corrected chi connectivity index (χ0v) is 10.2. The van der Waals surface area contributed by atoms with Gasteiger partial charge in [0.1, 0.15) is 5.82 Å². The van der Waals surface area contributed by atoms with Crippen LogP contribution in [0.3, 0.4) is 0 Å². The van der Waals surface area contributed by atoms with Gasteiger partial charge in [0, 0.05) is 11.4 Å². The van der Waals surface area contributed by atoms with Crippen LogP contribution in [0, 0.1) is 0 Å². The van der Waals surface area contributed by atoms with Gasteiger partial charge in [0.15, 0.2) is 5.69 Å². The highest BCUT2D eigenvalue weighted by atomic mass is 35.5. The third kappa shape index (κ3) is 3.73. The topological polar surface area (TPSA) is 37.8 Å². The highest BCUT2D eigenvalue weighted by Crippen LogP contribution is 2.27. The van der Waals surface area contributed by atoms with Crippen LogP contribution in [0.25, 0.3) is 0 Å². The first kappa shape index (κ1) is 14.0. The summed E-state index contributed by atoms with van der Waals surface area (Å²) < 4.78 is 36.7. The van der Waals surface area contributed by atoms with Gasteiger partial charge in [-0.1, -0.05) is 6.92 Å².